The van der Waals surface area contributed by atoms with Crippen LogP contribution in [0.3, 0.4) is 0 Å². The molecule has 0 amide bonds. The van der Waals surface area contributed by atoms with Crippen molar-refractivity contribution in [2.75, 3.05) is 0 Å². The topological polar surface area (TPSA) is 35.2 Å². The minimum Gasteiger partial charge on any atom is -0.489 e. The molecular formula is C10H14FNO. The van der Waals surface area contributed by atoms with E-state index in [1.165, 1.54) is 12.1 Å². The molecule has 0 radical (unpaired) electrons. The summed E-state index contributed by atoms with van der Waals surface area (Å²) in [7, 11) is 0. The van der Waals surface area contributed by atoms with Crippen LogP contribution in [-0.4, -0.2) is 12.1 Å². The van der Waals surface area contributed by atoms with Crippen LogP contribution in [-0.2, 0) is 0 Å². The third-order valence-electron chi connectivity index (χ3n) is 1.88. The highest BCUT2D eigenvalue weighted by Gasteiger charge is 2.08. The number of ether oxygens (including phenoxy) is 1. The van der Waals surface area contributed by atoms with Gasteiger partial charge in [0.1, 0.15) is 17.7 Å². The van der Waals surface area contributed by atoms with E-state index >= 15 is 0 Å². The van der Waals surface area contributed by atoms with Crippen LogP contribution < -0.4 is 10.5 Å². The Morgan fingerprint density at radius 1 is 1.23 bits per heavy atom. The zero-order valence-corrected chi connectivity index (χ0v) is 7.83. The third-order valence-corrected chi connectivity index (χ3v) is 1.88. The Bertz CT molecular complexity index is 258. The highest BCUT2D eigenvalue weighted by Crippen LogP contribution is 2.13. The van der Waals surface area contributed by atoms with Crippen LogP contribution in [0.5, 0.6) is 5.75 Å². The lowest BCUT2D eigenvalue weighted by Gasteiger charge is -2.17. The van der Waals surface area contributed by atoms with Crippen molar-refractivity contribution in [2.45, 2.75) is 26.0 Å². The van der Waals surface area contributed by atoms with Crippen molar-refractivity contribution < 1.29 is 9.13 Å². The number of halogens is 1. The summed E-state index contributed by atoms with van der Waals surface area (Å²) in [5, 5.41) is 0. The van der Waals surface area contributed by atoms with Crippen molar-refractivity contribution in [3.05, 3.63) is 30.1 Å². The number of nitrogens with two attached hydrogens (primary N) is 1. The predicted octanol–water partition coefficient (Wildman–Crippen LogP) is 1.94. The van der Waals surface area contributed by atoms with Crippen LogP contribution in [0.15, 0.2) is 24.3 Å². The minimum atomic E-state index is -0.263. The Kier molecular flexibility index (Phi) is 3.25. The molecule has 0 fully saturated rings. The highest BCUT2D eigenvalue weighted by molar-refractivity contribution is 5.22. The lowest BCUT2D eigenvalue weighted by atomic mass is 10.2. The van der Waals surface area contributed by atoms with Crippen molar-refractivity contribution in [3.63, 3.8) is 0 Å². The molecule has 0 spiro atoms. The van der Waals surface area contributed by atoms with Crippen molar-refractivity contribution >= 4 is 0 Å². The molecule has 0 aliphatic heterocycles. The van der Waals surface area contributed by atoms with E-state index in [9.17, 15) is 4.39 Å². The smallest absolute Gasteiger partial charge is 0.123 e. The Morgan fingerprint density at radius 3 is 2.23 bits per heavy atom. The summed E-state index contributed by atoms with van der Waals surface area (Å²) in [6.07, 6.45) is -0.0644. The lowest BCUT2D eigenvalue weighted by Crippen LogP contribution is -2.33. The molecule has 0 aliphatic carbocycles. The van der Waals surface area contributed by atoms with Gasteiger partial charge in [-0.15, -0.1) is 0 Å². The Morgan fingerprint density at radius 2 is 1.77 bits per heavy atom. The number of hydrogen-bond donors (Lipinski definition) is 1. The van der Waals surface area contributed by atoms with Gasteiger partial charge < -0.3 is 10.5 Å². The van der Waals surface area contributed by atoms with Gasteiger partial charge in [-0.05, 0) is 38.1 Å². The molecule has 1 unspecified atom stereocenters. The highest BCUT2D eigenvalue weighted by atomic mass is 19.1. The first-order valence-corrected chi connectivity index (χ1v) is 4.27. The minimum absolute atomic E-state index is 0.0370. The molecule has 0 heterocycles. The maximum absolute atomic E-state index is 12.5. The van der Waals surface area contributed by atoms with Gasteiger partial charge in [0, 0.05) is 6.04 Å². The maximum Gasteiger partial charge on any atom is 0.123 e. The van der Waals surface area contributed by atoms with Gasteiger partial charge in [-0.25, -0.2) is 4.39 Å². The van der Waals surface area contributed by atoms with E-state index in [2.05, 4.69) is 0 Å². The van der Waals surface area contributed by atoms with E-state index < -0.39 is 0 Å². The van der Waals surface area contributed by atoms with Crippen molar-refractivity contribution in [2.24, 2.45) is 5.73 Å². The molecule has 1 aromatic carbocycles. The van der Waals surface area contributed by atoms with Gasteiger partial charge in [0.05, 0.1) is 0 Å². The zero-order valence-electron chi connectivity index (χ0n) is 7.83. The number of rotatable bonds is 3. The molecule has 0 aliphatic rings. The van der Waals surface area contributed by atoms with Crippen molar-refractivity contribution in [1.29, 1.82) is 0 Å². The second-order valence-corrected chi connectivity index (χ2v) is 3.14. The molecule has 0 aromatic heterocycles. The summed E-state index contributed by atoms with van der Waals surface area (Å²) in [4.78, 5) is 0. The number of benzene rings is 1. The number of hydrogen-bond acceptors (Lipinski definition) is 2. The van der Waals surface area contributed by atoms with E-state index in [1.807, 2.05) is 13.8 Å². The van der Waals surface area contributed by atoms with Gasteiger partial charge in [0.2, 0.25) is 0 Å². The molecule has 72 valence electrons. The summed E-state index contributed by atoms with van der Waals surface area (Å²) >= 11 is 0. The second-order valence-electron chi connectivity index (χ2n) is 3.14. The van der Waals surface area contributed by atoms with Gasteiger partial charge in [0.25, 0.3) is 0 Å². The molecule has 0 saturated heterocycles. The molecule has 1 aromatic rings. The molecular weight excluding hydrogens is 169 g/mol. The van der Waals surface area contributed by atoms with Crippen LogP contribution >= 0.6 is 0 Å². The van der Waals surface area contributed by atoms with E-state index in [0.29, 0.717) is 5.75 Å². The summed E-state index contributed by atoms with van der Waals surface area (Å²) in [5.41, 5.74) is 5.61. The SMILES string of the molecule is CC(Oc1ccc(F)cc1)[C@H](C)N. The summed E-state index contributed by atoms with van der Waals surface area (Å²) in [6, 6.07) is 5.87. The van der Waals surface area contributed by atoms with Crippen LogP contribution in [0.4, 0.5) is 4.39 Å². The standard InChI is InChI=1S/C10H14FNO/c1-7(12)8(2)13-10-5-3-9(11)4-6-10/h3-8H,12H2,1-2H3/t7-,8?/m0/s1. The van der Waals surface area contributed by atoms with Gasteiger partial charge in [-0.2, -0.15) is 0 Å². The fraction of sp³-hybridized carbons (Fsp3) is 0.400. The zero-order chi connectivity index (χ0) is 9.84. The van der Waals surface area contributed by atoms with Crippen LogP contribution in [0.25, 0.3) is 0 Å². The van der Waals surface area contributed by atoms with Crippen molar-refractivity contribution in [1.82, 2.24) is 0 Å². The molecule has 1 rings (SSSR count). The van der Waals surface area contributed by atoms with E-state index in [-0.39, 0.29) is 18.0 Å². The van der Waals surface area contributed by atoms with Crippen LogP contribution in [0.1, 0.15) is 13.8 Å². The second kappa shape index (κ2) is 4.23. The maximum atomic E-state index is 12.5. The first-order valence-electron chi connectivity index (χ1n) is 4.27. The largest absolute Gasteiger partial charge is 0.489 e. The first-order chi connectivity index (χ1) is 6.09. The first kappa shape index (κ1) is 9.99. The van der Waals surface area contributed by atoms with Crippen LogP contribution in [0, 0.1) is 5.82 Å². The summed E-state index contributed by atoms with van der Waals surface area (Å²) < 4.78 is 17.9. The van der Waals surface area contributed by atoms with Gasteiger partial charge >= 0.3 is 0 Å². The molecule has 0 bridgehead atoms. The van der Waals surface area contributed by atoms with Gasteiger partial charge in [0.15, 0.2) is 0 Å². The molecule has 0 saturated carbocycles. The predicted molar refractivity (Wildman–Crippen MR) is 50.1 cm³/mol. The third kappa shape index (κ3) is 3.03. The molecule has 2 atom stereocenters. The fourth-order valence-corrected chi connectivity index (χ4v) is 0.835. The normalized spacial score (nSPS) is 15.1. The van der Waals surface area contributed by atoms with Gasteiger partial charge in [-0.1, -0.05) is 0 Å². The molecule has 3 heteroatoms. The van der Waals surface area contributed by atoms with E-state index in [0.717, 1.165) is 0 Å². The summed E-state index contributed by atoms with van der Waals surface area (Å²) in [6.45, 7) is 3.75. The van der Waals surface area contributed by atoms with Crippen LogP contribution in [0.2, 0.25) is 0 Å². The average molecular weight is 183 g/mol. The molecule has 2 N–H and O–H groups in total. The van der Waals surface area contributed by atoms with E-state index in [1.54, 1.807) is 12.1 Å². The Labute approximate surface area is 77.5 Å². The van der Waals surface area contributed by atoms with E-state index in [4.69, 9.17) is 10.5 Å². The van der Waals surface area contributed by atoms with Crippen molar-refractivity contribution in [3.8, 4) is 5.75 Å². The fourth-order valence-electron chi connectivity index (χ4n) is 0.835. The van der Waals surface area contributed by atoms with Gasteiger partial charge in [-0.3, -0.25) is 0 Å². The Hall–Kier alpha value is -1.09. The molecule has 13 heavy (non-hydrogen) atoms. The average Bonchev–Trinajstić information content (AvgIpc) is 2.08. The quantitative estimate of drug-likeness (QED) is 0.777. The molecule has 2 nitrogen and oxygen atoms in total. The monoisotopic (exact) mass is 183 g/mol. The Balaban J connectivity index is 2.59. The lowest BCUT2D eigenvalue weighted by molar-refractivity contribution is 0.196. The summed E-state index contributed by atoms with van der Waals surface area (Å²) in [5.74, 6) is 0.381.